The minimum atomic E-state index is -0.354. The molecule has 1 N–H and O–H groups in total. The van der Waals surface area contributed by atoms with Gasteiger partial charge in [0.25, 0.3) is 5.91 Å². The van der Waals surface area contributed by atoms with Crippen molar-refractivity contribution in [3.05, 3.63) is 34.3 Å². The molecule has 2 aromatic rings. The van der Waals surface area contributed by atoms with Gasteiger partial charge in [-0.25, -0.2) is 4.79 Å². The lowest BCUT2D eigenvalue weighted by Crippen LogP contribution is -2.46. The topological polar surface area (TPSA) is 67.5 Å². The van der Waals surface area contributed by atoms with Crippen molar-refractivity contribution in [3.8, 4) is 0 Å². The summed E-state index contributed by atoms with van der Waals surface area (Å²) < 4.78 is 6.98. The van der Waals surface area contributed by atoms with Gasteiger partial charge in [0.05, 0.1) is 5.52 Å². The van der Waals surface area contributed by atoms with Crippen LogP contribution >= 0.6 is 0 Å². The van der Waals surface area contributed by atoms with Crippen LogP contribution in [0.4, 0.5) is 0 Å². The maximum absolute atomic E-state index is 12.5. The van der Waals surface area contributed by atoms with Gasteiger partial charge in [-0.3, -0.25) is 9.36 Å². The largest absolute Gasteiger partial charge is 0.419 e. The van der Waals surface area contributed by atoms with Crippen molar-refractivity contribution in [3.63, 3.8) is 0 Å². The van der Waals surface area contributed by atoms with Crippen molar-refractivity contribution in [1.82, 2.24) is 14.8 Å². The zero-order chi connectivity index (χ0) is 16.4. The molecule has 1 aliphatic heterocycles. The number of amides is 1. The maximum Gasteiger partial charge on any atom is 0.419 e. The molecule has 6 nitrogen and oxygen atoms in total. The molecule has 0 saturated carbocycles. The van der Waals surface area contributed by atoms with Gasteiger partial charge >= 0.3 is 5.76 Å². The maximum atomic E-state index is 12.5. The molecule has 0 spiro atoms. The van der Waals surface area contributed by atoms with Crippen molar-refractivity contribution in [2.24, 2.45) is 5.92 Å². The molecule has 124 valence electrons. The van der Waals surface area contributed by atoms with Gasteiger partial charge in [0, 0.05) is 38.3 Å². The van der Waals surface area contributed by atoms with E-state index >= 15 is 0 Å². The Bertz CT molecular complexity index is 754. The highest BCUT2D eigenvalue weighted by atomic mass is 16.4. The molecule has 0 atom stereocenters. The second-order valence-electron chi connectivity index (χ2n) is 6.43. The van der Waals surface area contributed by atoms with Crippen molar-refractivity contribution in [2.75, 3.05) is 26.2 Å². The number of fused-ring (bicyclic) bond motifs is 1. The molecular weight excluding hydrogens is 294 g/mol. The first kappa shape index (κ1) is 15.8. The molecule has 1 saturated heterocycles. The number of aryl methyl sites for hydroxylation is 1. The van der Waals surface area contributed by atoms with Crippen LogP contribution in [-0.4, -0.2) is 41.6 Å². The predicted molar refractivity (Wildman–Crippen MR) is 88.7 cm³/mol. The van der Waals surface area contributed by atoms with E-state index in [1.807, 2.05) is 11.0 Å². The fraction of sp³-hybridized carbons (Fsp3) is 0.529. The van der Waals surface area contributed by atoms with Crippen molar-refractivity contribution < 1.29 is 9.21 Å². The number of rotatable bonds is 4. The fourth-order valence-corrected chi connectivity index (χ4v) is 2.85. The zero-order valence-corrected chi connectivity index (χ0v) is 13.7. The summed E-state index contributed by atoms with van der Waals surface area (Å²) in [6, 6.07) is 5.29. The Morgan fingerprint density at radius 1 is 1.30 bits per heavy atom. The van der Waals surface area contributed by atoms with Crippen LogP contribution in [0.25, 0.3) is 11.1 Å². The standard InChI is InChI=1S/C17H23N3O3/c1-12(2)5-8-20-14-4-3-13(11-15(14)23-17(20)22)16(21)19-9-6-18-7-10-19/h3-4,11-12,18H,5-10H2,1-2H3. The average Bonchev–Trinajstić information content (AvgIpc) is 2.87. The van der Waals surface area contributed by atoms with E-state index in [9.17, 15) is 9.59 Å². The van der Waals surface area contributed by atoms with E-state index in [1.165, 1.54) is 0 Å². The van der Waals surface area contributed by atoms with Crippen LogP contribution in [0.2, 0.25) is 0 Å². The molecule has 0 bridgehead atoms. The van der Waals surface area contributed by atoms with Gasteiger partial charge in [-0.15, -0.1) is 0 Å². The van der Waals surface area contributed by atoms with E-state index in [0.29, 0.717) is 36.7 Å². The minimum absolute atomic E-state index is 0.00835. The van der Waals surface area contributed by atoms with Gasteiger partial charge in [-0.05, 0) is 30.5 Å². The smallest absolute Gasteiger partial charge is 0.408 e. The van der Waals surface area contributed by atoms with Crippen molar-refractivity contribution >= 4 is 17.0 Å². The van der Waals surface area contributed by atoms with E-state index in [0.717, 1.165) is 25.0 Å². The number of nitrogens with zero attached hydrogens (tertiary/aromatic N) is 2. The molecule has 1 amide bonds. The van der Waals surface area contributed by atoms with Crippen LogP contribution in [0.15, 0.2) is 27.4 Å². The Balaban J connectivity index is 1.87. The van der Waals surface area contributed by atoms with E-state index < -0.39 is 0 Å². The Labute approximate surface area is 135 Å². The summed E-state index contributed by atoms with van der Waals surface area (Å²) in [5.74, 6) is 0.152. The van der Waals surface area contributed by atoms with Gasteiger partial charge in [0.2, 0.25) is 0 Å². The molecule has 6 heteroatoms. The average molecular weight is 317 g/mol. The van der Waals surface area contributed by atoms with Crippen molar-refractivity contribution in [1.29, 1.82) is 0 Å². The summed E-state index contributed by atoms with van der Waals surface area (Å²) in [5, 5.41) is 3.23. The number of oxazole rings is 1. The molecule has 0 aliphatic carbocycles. The van der Waals surface area contributed by atoms with Gasteiger partial charge in [0.15, 0.2) is 5.58 Å². The molecule has 0 unspecified atom stereocenters. The summed E-state index contributed by atoms with van der Waals surface area (Å²) in [4.78, 5) is 26.4. The second kappa shape index (κ2) is 6.58. The Hall–Kier alpha value is -2.08. The summed E-state index contributed by atoms with van der Waals surface area (Å²) in [7, 11) is 0. The lowest BCUT2D eigenvalue weighted by Gasteiger charge is -2.27. The molecule has 0 radical (unpaired) electrons. The molecule has 3 rings (SSSR count). The normalized spacial score (nSPS) is 15.5. The van der Waals surface area contributed by atoms with Crippen LogP contribution in [0.5, 0.6) is 0 Å². The first-order chi connectivity index (χ1) is 11.1. The van der Waals surface area contributed by atoms with E-state index in [-0.39, 0.29) is 11.7 Å². The van der Waals surface area contributed by atoms with E-state index in [4.69, 9.17) is 4.42 Å². The zero-order valence-electron chi connectivity index (χ0n) is 13.7. The summed E-state index contributed by atoms with van der Waals surface area (Å²) in [6.45, 7) is 7.92. The first-order valence-electron chi connectivity index (χ1n) is 8.19. The van der Waals surface area contributed by atoms with Gasteiger partial charge < -0.3 is 14.6 Å². The Morgan fingerprint density at radius 3 is 2.74 bits per heavy atom. The molecule has 1 aromatic carbocycles. The fourth-order valence-electron chi connectivity index (χ4n) is 2.85. The van der Waals surface area contributed by atoms with Crippen LogP contribution in [0.1, 0.15) is 30.6 Å². The highest BCUT2D eigenvalue weighted by Crippen LogP contribution is 2.18. The summed E-state index contributed by atoms with van der Waals surface area (Å²) >= 11 is 0. The van der Waals surface area contributed by atoms with Crippen molar-refractivity contribution in [2.45, 2.75) is 26.8 Å². The molecule has 1 fully saturated rings. The third kappa shape index (κ3) is 3.32. The molecule has 2 heterocycles. The third-order valence-corrected chi connectivity index (χ3v) is 4.25. The summed E-state index contributed by atoms with van der Waals surface area (Å²) in [6.07, 6.45) is 0.913. The Kier molecular flexibility index (Phi) is 4.52. The molecule has 23 heavy (non-hydrogen) atoms. The van der Waals surface area contributed by atoms with Gasteiger partial charge in [-0.2, -0.15) is 0 Å². The SMILES string of the molecule is CC(C)CCn1c(=O)oc2cc(C(=O)N3CCNCC3)ccc21. The number of benzene rings is 1. The quantitative estimate of drug-likeness (QED) is 0.932. The van der Waals surface area contributed by atoms with Crippen LogP contribution in [0, 0.1) is 5.92 Å². The monoisotopic (exact) mass is 317 g/mol. The highest BCUT2D eigenvalue weighted by molar-refractivity contribution is 5.97. The molecule has 1 aliphatic rings. The van der Waals surface area contributed by atoms with Crippen LogP contribution in [-0.2, 0) is 6.54 Å². The summed E-state index contributed by atoms with van der Waals surface area (Å²) in [5.41, 5.74) is 1.82. The van der Waals surface area contributed by atoms with Crippen LogP contribution in [0.3, 0.4) is 0 Å². The molecular formula is C17H23N3O3. The number of carbonyl (C=O) groups is 1. The number of nitrogens with one attached hydrogen (secondary N) is 1. The third-order valence-electron chi connectivity index (χ3n) is 4.25. The Morgan fingerprint density at radius 2 is 2.04 bits per heavy atom. The number of hydrogen-bond acceptors (Lipinski definition) is 4. The number of piperazine rings is 1. The highest BCUT2D eigenvalue weighted by Gasteiger charge is 2.19. The lowest BCUT2D eigenvalue weighted by molar-refractivity contribution is 0.0736. The van der Waals surface area contributed by atoms with Crippen LogP contribution < -0.4 is 11.1 Å². The lowest BCUT2D eigenvalue weighted by atomic mass is 10.1. The second-order valence-corrected chi connectivity index (χ2v) is 6.43. The molecule has 1 aromatic heterocycles. The van der Waals surface area contributed by atoms with Gasteiger partial charge in [0.1, 0.15) is 0 Å². The van der Waals surface area contributed by atoms with E-state index in [1.54, 1.807) is 16.7 Å². The first-order valence-corrected chi connectivity index (χ1v) is 8.19. The number of aromatic nitrogens is 1. The number of carbonyl (C=O) groups excluding carboxylic acids is 1. The predicted octanol–water partition coefficient (Wildman–Crippen LogP) is 1.69. The number of hydrogen-bond donors (Lipinski definition) is 1. The van der Waals surface area contributed by atoms with Gasteiger partial charge in [-0.1, -0.05) is 13.8 Å². The van der Waals surface area contributed by atoms with E-state index in [2.05, 4.69) is 19.2 Å². The minimum Gasteiger partial charge on any atom is -0.408 e.